The minimum atomic E-state index is -0.291. The summed E-state index contributed by atoms with van der Waals surface area (Å²) in [4.78, 5) is 14.3. The first-order valence-electron chi connectivity index (χ1n) is 11.2. The summed E-state index contributed by atoms with van der Waals surface area (Å²) >= 11 is 1.59. The molecule has 0 radical (unpaired) electrons. The number of hydrogen-bond acceptors (Lipinski definition) is 9. The van der Waals surface area contributed by atoms with Gasteiger partial charge in [-0.2, -0.15) is 5.10 Å². The Balaban J connectivity index is 1.34. The number of thiophene rings is 1. The molecular formula is C26H24N4O5S. The van der Waals surface area contributed by atoms with Crippen LogP contribution in [0.2, 0.25) is 0 Å². The van der Waals surface area contributed by atoms with Gasteiger partial charge < -0.3 is 18.6 Å². The molecule has 0 saturated carbocycles. The van der Waals surface area contributed by atoms with E-state index in [0.717, 1.165) is 21.7 Å². The number of hydrazone groups is 1. The topological polar surface area (TPSA) is 99.3 Å². The quantitative estimate of drug-likeness (QED) is 0.337. The minimum absolute atomic E-state index is 0.163. The number of aromatic nitrogens is 2. The molecule has 10 heteroatoms. The highest BCUT2D eigenvalue weighted by Crippen LogP contribution is 2.38. The Bertz CT molecular complexity index is 1380. The predicted octanol–water partition coefficient (Wildman–Crippen LogP) is 4.88. The van der Waals surface area contributed by atoms with E-state index >= 15 is 0 Å². The Hall–Kier alpha value is -4.18. The summed E-state index contributed by atoms with van der Waals surface area (Å²) < 4.78 is 22.1. The molecule has 4 aromatic rings. The second-order valence-electron chi connectivity index (χ2n) is 8.04. The van der Waals surface area contributed by atoms with E-state index in [2.05, 4.69) is 15.3 Å². The first-order valence-corrected chi connectivity index (χ1v) is 12.1. The summed E-state index contributed by atoms with van der Waals surface area (Å²) in [6.45, 7) is 1.57. The van der Waals surface area contributed by atoms with Gasteiger partial charge in [-0.1, -0.05) is 12.1 Å². The van der Waals surface area contributed by atoms with Crippen LogP contribution in [0.5, 0.6) is 17.2 Å². The van der Waals surface area contributed by atoms with Crippen LogP contribution in [0.15, 0.2) is 69.5 Å². The Morgan fingerprint density at radius 2 is 1.89 bits per heavy atom. The molecule has 1 aliphatic rings. The van der Waals surface area contributed by atoms with Gasteiger partial charge in [-0.15, -0.1) is 21.5 Å². The molecule has 0 bridgehead atoms. The zero-order chi connectivity index (χ0) is 25.1. The summed E-state index contributed by atoms with van der Waals surface area (Å²) in [5.74, 6) is 2.44. The van der Waals surface area contributed by atoms with Gasteiger partial charge in [-0.25, -0.2) is 5.01 Å². The number of methoxy groups -OCH3 is 2. The molecule has 5 rings (SSSR count). The second kappa shape index (κ2) is 10.2. The van der Waals surface area contributed by atoms with Gasteiger partial charge in [0.25, 0.3) is 5.91 Å². The van der Waals surface area contributed by atoms with Crippen molar-refractivity contribution in [1.82, 2.24) is 15.2 Å². The van der Waals surface area contributed by atoms with Crippen molar-refractivity contribution in [2.75, 3.05) is 20.8 Å². The van der Waals surface area contributed by atoms with E-state index in [0.29, 0.717) is 35.5 Å². The van der Waals surface area contributed by atoms with E-state index < -0.39 is 0 Å². The number of carbonyl (C=O) groups excluding carboxylic acids is 1. The molecule has 0 N–H and O–H groups in total. The fraction of sp³-hybridized carbons (Fsp3) is 0.231. The van der Waals surface area contributed by atoms with Gasteiger partial charge in [-0.05, 0) is 53.4 Å². The lowest BCUT2D eigenvalue weighted by Crippen LogP contribution is -2.31. The first-order chi connectivity index (χ1) is 17.6. The average Bonchev–Trinajstić information content (AvgIpc) is 3.68. The molecule has 1 unspecified atom stereocenters. The average molecular weight is 505 g/mol. The van der Waals surface area contributed by atoms with Crippen LogP contribution in [0.3, 0.4) is 0 Å². The molecular weight excluding hydrogens is 480 g/mol. The maximum absolute atomic E-state index is 13.3. The van der Waals surface area contributed by atoms with E-state index in [-0.39, 0.29) is 18.6 Å². The monoisotopic (exact) mass is 504 g/mol. The lowest BCUT2D eigenvalue weighted by Gasteiger charge is -2.23. The van der Waals surface area contributed by atoms with Crippen molar-refractivity contribution < 1.29 is 23.4 Å². The van der Waals surface area contributed by atoms with Crippen molar-refractivity contribution in [1.29, 1.82) is 0 Å². The van der Waals surface area contributed by atoms with E-state index in [1.54, 1.807) is 44.6 Å². The van der Waals surface area contributed by atoms with Crippen LogP contribution in [-0.4, -0.2) is 47.7 Å². The maximum atomic E-state index is 13.3. The Labute approximate surface area is 211 Å². The molecule has 2 aromatic heterocycles. The maximum Gasteiger partial charge on any atom is 0.281 e. The first kappa shape index (κ1) is 23.6. The number of nitrogens with zero attached hydrogens (tertiary/aromatic N) is 4. The van der Waals surface area contributed by atoms with Crippen LogP contribution in [0.4, 0.5) is 0 Å². The van der Waals surface area contributed by atoms with Crippen molar-refractivity contribution >= 4 is 23.0 Å². The van der Waals surface area contributed by atoms with Gasteiger partial charge >= 0.3 is 0 Å². The van der Waals surface area contributed by atoms with Crippen molar-refractivity contribution in [3.8, 4) is 28.7 Å². The van der Waals surface area contributed by atoms with E-state index in [4.69, 9.17) is 18.6 Å². The minimum Gasteiger partial charge on any atom is -0.493 e. The van der Waals surface area contributed by atoms with E-state index in [9.17, 15) is 4.79 Å². The fourth-order valence-electron chi connectivity index (χ4n) is 3.97. The van der Waals surface area contributed by atoms with Gasteiger partial charge in [0.2, 0.25) is 11.8 Å². The molecule has 3 heterocycles. The Morgan fingerprint density at radius 3 is 2.56 bits per heavy atom. The van der Waals surface area contributed by atoms with Crippen LogP contribution in [0, 0.1) is 6.92 Å². The molecule has 1 amide bonds. The van der Waals surface area contributed by atoms with Gasteiger partial charge in [0.1, 0.15) is 5.75 Å². The summed E-state index contributed by atoms with van der Waals surface area (Å²) in [6.07, 6.45) is 0.583. The smallest absolute Gasteiger partial charge is 0.281 e. The van der Waals surface area contributed by atoms with Crippen LogP contribution in [0.1, 0.15) is 28.8 Å². The molecule has 36 heavy (non-hydrogen) atoms. The summed E-state index contributed by atoms with van der Waals surface area (Å²) in [5.41, 5.74) is 2.53. The molecule has 0 spiro atoms. The SMILES string of the molecule is COc1ccc(C2CC(c3cccs3)=NN2C(=O)COc2ccc(-c3nnc(C)o3)cc2)cc1OC. The molecule has 9 nitrogen and oxygen atoms in total. The van der Waals surface area contributed by atoms with Gasteiger partial charge in [0.05, 0.1) is 30.9 Å². The highest BCUT2D eigenvalue weighted by molar-refractivity contribution is 7.12. The molecule has 0 saturated heterocycles. The molecule has 1 atom stereocenters. The van der Waals surface area contributed by atoms with Gasteiger partial charge in [-0.3, -0.25) is 4.79 Å². The number of hydrogen-bond donors (Lipinski definition) is 0. The van der Waals surface area contributed by atoms with Crippen molar-refractivity contribution in [2.24, 2.45) is 5.10 Å². The van der Waals surface area contributed by atoms with Gasteiger partial charge in [0, 0.05) is 18.9 Å². The molecule has 0 aliphatic carbocycles. The Kier molecular flexibility index (Phi) is 6.68. The fourth-order valence-corrected chi connectivity index (χ4v) is 4.69. The predicted molar refractivity (Wildman–Crippen MR) is 135 cm³/mol. The largest absolute Gasteiger partial charge is 0.493 e. The summed E-state index contributed by atoms with van der Waals surface area (Å²) in [5, 5.41) is 16.0. The number of rotatable bonds is 8. The lowest BCUT2D eigenvalue weighted by molar-refractivity contribution is -0.135. The van der Waals surface area contributed by atoms with Crippen LogP contribution in [0.25, 0.3) is 11.5 Å². The third-order valence-electron chi connectivity index (χ3n) is 5.75. The number of ether oxygens (including phenoxy) is 3. The number of benzene rings is 2. The molecule has 1 aliphatic heterocycles. The van der Waals surface area contributed by atoms with E-state index in [1.165, 1.54) is 5.01 Å². The zero-order valence-corrected chi connectivity index (χ0v) is 20.8. The van der Waals surface area contributed by atoms with Crippen LogP contribution in [-0.2, 0) is 4.79 Å². The summed E-state index contributed by atoms with van der Waals surface area (Å²) in [6, 6.07) is 16.5. The third-order valence-corrected chi connectivity index (χ3v) is 6.67. The molecule has 184 valence electrons. The third kappa shape index (κ3) is 4.80. The number of aryl methyl sites for hydroxylation is 1. The number of amides is 1. The zero-order valence-electron chi connectivity index (χ0n) is 20.0. The van der Waals surface area contributed by atoms with Crippen LogP contribution >= 0.6 is 11.3 Å². The van der Waals surface area contributed by atoms with Crippen molar-refractivity contribution in [2.45, 2.75) is 19.4 Å². The Morgan fingerprint density at radius 1 is 1.08 bits per heavy atom. The van der Waals surface area contributed by atoms with Crippen molar-refractivity contribution in [3.63, 3.8) is 0 Å². The molecule has 0 fully saturated rings. The van der Waals surface area contributed by atoms with Gasteiger partial charge in [0.15, 0.2) is 18.1 Å². The van der Waals surface area contributed by atoms with E-state index in [1.807, 2.05) is 47.8 Å². The second-order valence-corrected chi connectivity index (χ2v) is 8.98. The van der Waals surface area contributed by atoms with Crippen LogP contribution < -0.4 is 14.2 Å². The highest BCUT2D eigenvalue weighted by Gasteiger charge is 2.34. The standard InChI is InChI=1S/C26H24N4O5S/c1-16-27-28-26(35-16)17-6-9-19(10-7-17)34-15-25(31)30-21(14-20(29-30)24-5-4-12-36-24)18-8-11-22(32-2)23(13-18)33-3/h4-13,21H,14-15H2,1-3H3. The van der Waals surface area contributed by atoms with Crippen molar-refractivity contribution in [3.05, 3.63) is 76.3 Å². The normalized spacial score (nSPS) is 15.0. The number of carbonyl (C=O) groups is 1. The lowest BCUT2D eigenvalue weighted by atomic mass is 10.0. The highest BCUT2D eigenvalue weighted by atomic mass is 32.1. The summed E-state index contributed by atoms with van der Waals surface area (Å²) in [7, 11) is 3.18. The molecule has 2 aromatic carbocycles.